The van der Waals surface area contributed by atoms with Crippen molar-refractivity contribution >= 4 is 15.9 Å². The highest BCUT2D eigenvalue weighted by atomic mass is 32.2. The normalized spacial score (nSPS) is 17.7. The Morgan fingerprint density at radius 1 is 1.24 bits per heavy atom. The fourth-order valence-electron chi connectivity index (χ4n) is 2.00. The van der Waals surface area contributed by atoms with Crippen LogP contribution in [-0.2, 0) is 16.4 Å². The van der Waals surface area contributed by atoms with Crippen molar-refractivity contribution in [2.45, 2.75) is 13.1 Å². The number of piperazine rings is 1. The Hall–Kier alpha value is -1.32. The molecule has 1 aliphatic rings. The lowest BCUT2D eigenvalue weighted by atomic mass is 10.1. The van der Waals surface area contributed by atoms with Crippen molar-refractivity contribution in [2.24, 2.45) is 0 Å². The fraction of sp³-hybridized carbons (Fsp3) is 0.500. The van der Waals surface area contributed by atoms with E-state index < -0.39 is 21.9 Å². The number of aryl methyl sites for hydroxylation is 1. The average Bonchev–Trinajstić information content (AvgIpc) is 2.41. The molecule has 0 saturated carbocycles. The van der Waals surface area contributed by atoms with Crippen LogP contribution in [0.3, 0.4) is 0 Å². The molecule has 9 heteroatoms. The number of anilines is 1. The van der Waals surface area contributed by atoms with Gasteiger partial charge in [-0.05, 0) is 24.6 Å². The predicted octanol–water partition coefficient (Wildman–Crippen LogP) is 1.58. The molecule has 118 valence electrons. The highest BCUT2D eigenvalue weighted by molar-refractivity contribution is 7.90. The van der Waals surface area contributed by atoms with Crippen LogP contribution in [0.4, 0.5) is 18.9 Å². The van der Waals surface area contributed by atoms with Crippen molar-refractivity contribution in [1.29, 1.82) is 0 Å². The van der Waals surface area contributed by atoms with Gasteiger partial charge in [0.1, 0.15) is 0 Å². The first-order valence-electron chi connectivity index (χ1n) is 6.36. The van der Waals surface area contributed by atoms with Crippen LogP contribution >= 0.6 is 0 Å². The van der Waals surface area contributed by atoms with E-state index in [4.69, 9.17) is 0 Å². The van der Waals surface area contributed by atoms with Gasteiger partial charge in [0.15, 0.2) is 0 Å². The van der Waals surface area contributed by atoms with E-state index in [-0.39, 0.29) is 18.8 Å². The van der Waals surface area contributed by atoms with Crippen molar-refractivity contribution in [3.63, 3.8) is 0 Å². The number of alkyl halides is 3. The van der Waals surface area contributed by atoms with Crippen molar-refractivity contribution in [3.8, 4) is 0 Å². The molecule has 0 amide bonds. The van der Waals surface area contributed by atoms with Crippen LogP contribution in [0.25, 0.3) is 0 Å². The number of hydrogen-bond acceptors (Lipinski definition) is 3. The molecule has 0 spiro atoms. The second kappa shape index (κ2) is 5.82. The van der Waals surface area contributed by atoms with Crippen molar-refractivity contribution in [1.82, 2.24) is 9.62 Å². The molecule has 0 bridgehead atoms. The van der Waals surface area contributed by atoms with E-state index in [0.29, 0.717) is 18.7 Å². The molecule has 2 N–H and O–H groups in total. The maximum absolute atomic E-state index is 12.7. The standard InChI is InChI=1S/C12H16F3N3O2S/c1-9-2-3-10(12(13,14)15)8-11(9)17-21(19,20)18-6-4-16-5-7-18/h2-3,8,16-17H,4-7H2,1H3. The molecule has 1 fully saturated rings. The first-order chi connectivity index (χ1) is 9.70. The molecule has 0 aromatic heterocycles. The molecule has 0 atom stereocenters. The lowest BCUT2D eigenvalue weighted by Crippen LogP contribution is -2.48. The Bertz CT molecular complexity index is 611. The molecule has 1 aliphatic heterocycles. The summed E-state index contributed by atoms with van der Waals surface area (Å²) >= 11 is 0. The first-order valence-corrected chi connectivity index (χ1v) is 7.80. The molecule has 1 saturated heterocycles. The molecule has 5 nitrogen and oxygen atoms in total. The minimum absolute atomic E-state index is 0.0524. The number of nitrogens with one attached hydrogen (secondary N) is 2. The summed E-state index contributed by atoms with van der Waals surface area (Å²) in [5.74, 6) is 0. The van der Waals surface area contributed by atoms with Gasteiger partial charge in [-0.15, -0.1) is 0 Å². The van der Waals surface area contributed by atoms with E-state index >= 15 is 0 Å². The molecule has 1 aromatic carbocycles. The first kappa shape index (κ1) is 16.1. The SMILES string of the molecule is Cc1ccc(C(F)(F)F)cc1NS(=O)(=O)N1CCNCC1. The van der Waals surface area contributed by atoms with Crippen LogP contribution in [-0.4, -0.2) is 38.9 Å². The zero-order valence-electron chi connectivity index (χ0n) is 11.4. The molecule has 2 rings (SSSR count). The summed E-state index contributed by atoms with van der Waals surface area (Å²) in [5, 5.41) is 3.01. The third-order valence-corrected chi connectivity index (χ3v) is 4.74. The maximum Gasteiger partial charge on any atom is 0.416 e. The van der Waals surface area contributed by atoms with E-state index in [9.17, 15) is 21.6 Å². The molecule has 1 heterocycles. The summed E-state index contributed by atoms with van der Waals surface area (Å²) in [7, 11) is -3.85. The topological polar surface area (TPSA) is 61.4 Å². The minimum atomic E-state index is -4.51. The number of nitrogens with zero attached hydrogens (tertiary/aromatic N) is 1. The van der Waals surface area contributed by atoms with Gasteiger partial charge in [0.2, 0.25) is 0 Å². The molecule has 21 heavy (non-hydrogen) atoms. The molecule has 1 aromatic rings. The summed E-state index contributed by atoms with van der Waals surface area (Å²) in [5.41, 5.74) is -0.504. The largest absolute Gasteiger partial charge is 0.416 e. The van der Waals surface area contributed by atoms with E-state index in [1.54, 1.807) is 6.92 Å². The van der Waals surface area contributed by atoms with Gasteiger partial charge in [-0.2, -0.15) is 25.9 Å². The zero-order chi connectivity index (χ0) is 15.7. The van der Waals surface area contributed by atoms with Crippen molar-refractivity contribution in [3.05, 3.63) is 29.3 Å². The highest BCUT2D eigenvalue weighted by Gasteiger charge is 2.31. The quantitative estimate of drug-likeness (QED) is 0.888. The highest BCUT2D eigenvalue weighted by Crippen LogP contribution is 2.32. The Morgan fingerprint density at radius 3 is 2.43 bits per heavy atom. The zero-order valence-corrected chi connectivity index (χ0v) is 12.2. The summed E-state index contributed by atoms with van der Waals surface area (Å²) in [6.45, 7) is 3.15. The Labute approximate surface area is 121 Å². The van der Waals surface area contributed by atoms with E-state index in [1.807, 2.05) is 0 Å². The van der Waals surface area contributed by atoms with Gasteiger partial charge in [0.05, 0.1) is 11.3 Å². The van der Waals surface area contributed by atoms with Gasteiger partial charge >= 0.3 is 16.4 Å². The van der Waals surface area contributed by atoms with Crippen LogP contribution in [0, 0.1) is 6.92 Å². The summed E-state index contributed by atoms with van der Waals surface area (Å²) < 4.78 is 65.9. The van der Waals surface area contributed by atoms with Crippen molar-refractivity contribution < 1.29 is 21.6 Å². The number of benzene rings is 1. The van der Waals surface area contributed by atoms with Crippen LogP contribution in [0.5, 0.6) is 0 Å². The number of hydrogen-bond donors (Lipinski definition) is 2. The van der Waals surface area contributed by atoms with Gasteiger partial charge in [0.25, 0.3) is 0 Å². The molecular formula is C12H16F3N3O2S. The number of halogens is 3. The van der Waals surface area contributed by atoms with Crippen LogP contribution in [0.2, 0.25) is 0 Å². The van der Waals surface area contributed by atoms with Gasteiger partial charge in [0, 0.05) is 26.2 Å². The second-order valence-electron chi connectivity index (χ2n) is 4.78. The average molecular weight is 323 g/mol. The summed E-state index contributed by atoms with van der Waals surface area (Å²) in [6.07, 6.45) is -4.51. The smallest absolute Gasteiger partial charge is 0.314 e. The van der Waals surface area contributed by atoms with Gasteiger partial charge in [-0.1, -0.05) is 6.07 Å². The van der Waals surface area contributed by atoms with Crippen LogP contribution in [0.15, 0.2) is 18.2 Å². The van der Waals surface area contributed by atoms with Gasteiger partial charge < -0.3 is 5.32 Å². The predicted molar refractivity (Wildman–Crippen MR) is 73.2 cm³/mol. The lowest BCUT2D eigenvalue weighted by Gasteiger charge is -2.27. The molecule has 0 aliphatic carbocycles. The maximum atomic E-state index is 12.7. The molecule has 0 unspecified atom stereocenters. The van der Waals surface area contributed by atoms with E-state index in [1.165, 1.54) is 10.4 Å². The Kier molecular flexibility index (Phi) is 4.45. The van der Waals surface area contributed by atoms with E-state index in [2.05, 4.69) is 10.0 Å². The van der Waals surface area contributed by atoms with E-state index in [0.717, 1.165) is 12.1 Å². The summed E-state index contributed by atoms with van der Waals surface area (Å²) in [4.78, 5) is 0. The second-order valence-corrected chi connectivity index (χ2v) is 6.45. The number of rotatable bonds is 3. The van der Waals surface area contributed by atoms with Crippen LogP contribution in [0.1, 0.15) is 11.1 Å². The van der Waals surface area contributed by atoms with Gasteiger partial charge in [-0.25, -0.2) is 0 Å². The van der Waals surface area contributed by atoms with Gasteiger partial charge in [-0.3, -0.25) is 4.72 Å². The molecular weight excluding hydrogens is 307 g/mol. The lowest BCUT2D eigenvalue weighted by molar-refractivity contribution is -0.137. The summed E-state index contributed by atoms with van der Waals surface area (Å²) in [6, 6.07) is 2.99. The Morgan fingerprint density at radius 2 is 1.86 bits per heavy atom. The van der Waals surface area contributed by atoms with Crippen molar-refractivity contribution in [2.75, 3.05) is 30.9 Å². The van der Waals surface area contributed by atoms with Crippen LogP contribution < -0.4 is 10.0 Å². The fourth-order valence-corrected chi connectivity index (χ4v) is 3.29. The third kappa shape index (κ3) is 3.86. The monoisotopic (exact) mass is 323 g/mol. The minimum Gasteiger partial charge on any atom is -0.314 e. The third-order valence-electron chi connectivity index (χ3n) is 3.22. The molecule has 0 radical (unpaired) electrons. The Balaban J connectivity index is 2.26.